The summed E-state index contributed by atoms with van der Waals surface area (Å²) in [6.45, 7) is 35.4. The van der Waals surface area contributed by atoms with E-state index in [0.29, 0.717) is 5.41 Å². The van der Waals surface area contributed by atoms with Crippen LogP contribution in [0.1, 0.15) is 139 Å². The molecule has 4 atom stereocenters. The second-order valence-corrected chi connectivity index (χ2v) is 34.2. The summed E-state index contributed by atoms with van der Waals surface area (Å²) in [4.78, 5) is 0. The first-order valence-corrected chi connectivity index (χ1v) is 28.0. The highest BCUT2D eigenvalue weighted by Crippen LogP contribution is 2.54. The van der Waals surface area contributed by atoms with Gasteiger partial charge in [0.1, 0.15) is 0 Å². The Hall–Kier alpha value is 0.0106. The zero-order valence-electron chi connectivity index (χ0n) is 32.8. The van der Waals surface area contributed by atoms with Crippen LogP contribution in [0.2, 0.25) is 55.9 Å². The Morgan fingerprint density at radius 2 is 1.29 bits per heavy atom. The summed E-state index contributed by atoms with van der Waals surface area (Å²) in [6.07, 6.45) is 22.4. The van der Waals surface area contributed by atoms with Gasteiger partial charge in [-0.1, -0.05) is 77.7 Å². The molecule has 0 heterocycles. The summed E-state index contributed by atoms with van der Waals surface area (Å²) in [6, 6.07) is 0. The largest absolute Gasteiger partial charge is 0.414 e. The van der Waals surface area contributed by atoms with Gasteiger partial charge >= 0.3 is 0 Å². The minimum absolute atomic E-state index is 0.0254. The molecule has 1 spiro atoms. The van der Waals surface area contributed by atoms with Gasteiger partial charge in [0.25, 0.3) is 0 Å². The Kier molecular flexibility index (Phi) is 12.7. The second kappa shape index (κ2) is 14.5. The van der Waals surface area contributed by atoms with E-state index in [0.717, 1.165) is 25.2 Å². The second-order valence-electron chi connectivity index (χ2n) is 20.3. The summed E-state index contributed by atoms with van der Waals surface area (Å²) in [5, 5.41) is 0.444. The highest BCUT2D eigenvalue weighted by molar-refractivity contribution is 6.74. The van der Waals surface area contributed by atoms with Gasteiger partial charge in [-0.3, -0.25) is 0 Å². The molecule has 0 aromatic heterocycles. The van der Waals surface area contributed by atoms with Crippen molar-refractivity contribution in [1.82, 2.24) is 0 Å². The van der Waals surface area contributed by atoms with E-state index in [4.69, 9.17) is 13.3 Å². The smallest absolute Gasteiger partial charge is 0.192 e. The molecule has 3 aliphatic rings. The van der Waals surface area contributed by atoms with Crippen molar-refractivity contribution < 1.29 is 13.3 Å². The first-order chi connectivity index (χ1) is 20.3. The molecular formula is C39H76O3Si3. The van der Waals surface area contributed by atoms with Gasteiger partial charge in [0.2, 0.25) is 0 Å². The van der Waals surface area contributed by atoms with Crippen LogP contribution in [0.15, 0.2) is 23.3 Å². The normalized spacial score (nSPS) is 29.7. The zero-order chi connectivity index (χ0) is 34.1. The predicted octanol–water partition coefficient (Wildman–Crippen LogP) is 13.0. The minimum atomic E-state index is -1.85. The Morgan fingerprint density at radius 1 is 0.756 bits per heavy atom. The SMILES string of the molecule is CC(C)(CCC[C@@H]1CC[C@]2(CCC/C(=C\C=C3C[C@@H](O[Si](C)(C)C(C)(C)C)C[C@@H](O[Si](C)(C)C(C)(C)C)C3)C2)C1)O[Si](C)(C)C. The molecule has 0 saturated heterocycles. The highest BCUT2D eigenvalue weighted by atomic mass is 28.4. The molecule has 3 aliphatic carbocycles. The van der Waals surface area contributed by atoms with Crippen LogP contribution >= 0.6 is 0 Å². The lowest BCUT2D eigenvalue weighted by Crippen LogP contribution is -2.48. The summed E-state index contributed by atoms with van der Waals surface area (Å²) >= 11 is 0. The molecule has 0 aromatic carbocycles. The average Bonchev–Trinajstić information content (AvgIpc) is 3.20. The molecule has 3 fully saturated rings. The summed E-state index contributed by atoms with van der Waals surface area (Å²) in [7, 11) is -5.21. The number of allylic oxidation sites excluding steroid dienone is 3. The maximum Gasteiger partial charge on any atom is 0.192 e. The molecule has 0 radical (unpaired) electrons. The van der Waals surface area contributed by atoms with Crippen molar-refractivity contribution >= 4 is 25.0 Å². The van der Waals surface area contributed by atoms with E-state index < -0.39 is 25.0 Å². The third-order valence-corrected chi connectivity index (χ3v) is 22.4. The maximum absolute atomic E-state index is 7.07. The fourth-order valence-corrected chi connectivity index (χ4v) is 12.5. The van der Waals surface area contributed by atoms with Crippen molar-refractivity contribution in [3.63, 3.8) is 0 Å². The van der Waals surface area contributed by atoms with Crippen LogP contribution in [0.3, 0.4) is 0 Å². The summed E-state index contributed by atoms with van der Waals surface area (Å²) < 4.78 is 20.6. The van der Waals surface area contributed by atoms with Crippen molar-refractivity contribution in [3.8, 4) is 0 Å². The van der Waals surface area contributed by atoms with Crippen LogP contribution < -0.4 is 0 Å². The monoisotopic (exact) mass is 677 g/mol. The van der Waals surface area contributed by atoms with Crippen molar-refractivity contribution in [1.29, 1.82) is 0 Å². The molecule has 0 amide bonds. The van der Waals surface area contributed by atoms with Gasteiger partial charge < -0.3 is 13.3 Å². The lowest BCUT2D eigenvalue weighted by atomic mass is 9.70. The van der Waals surface area contributed by atoms with E-state index in [1.54, 1.807) is 11.1 Å². The van der Waals surface area contributed by atoms with Gasteiger partial charge in [-0.15, -0.1) is 0 Å². The minimum Gasteiger partial charge on any atom is -0.414 e. The Balaban J connectivity index is 1.67. The molecule has 262 valence electrons. The van der Waals surface area contributed by atoms with Gasteiger partial charge in [-0.05, 0) is 152 Å². The fourth-order valence-electron chi connectivity index (χ4n) is 8.01. The lowest BCUT2D eigenvalue weighted by Gasteiger charge is -2.45. The molecular weight excluding hydrogens is 601 g/mol. The first-order valence-electron chi connectivity index (χ1n) is 18.7. The average molecular weight is 677 g/mol. The lowest BCUT2D eigenvalue weighted by molar-refractivity contribution is 0.0725. The molecule has 3 nitrogen and oxygen atoms in total. The molecule has 3 rings (SSSR count). The van der Waals surface area contributed by atoms with E-state index in [9.17, 15) is 0 Å². The topological polar surface area (TPSA) is 27.7 Å². The van der Waals surface area contributed by atoms with Gasteiger partial charge in [-0.2, -0.15) is 0 Å². The maximum atomic E-state index is 7.07. The number of hydrogen-bond donors (Lipinski definition) is 0. The van der Waals surface area contributed by atoms with E-state index in [-0.39, 0.29) is 27.9 Å². The van der Waals surface area contributed by atoms with E-state index in [2.05, 4.69) is 113 Å². The van der Waals surface area contributed by atoms with Gasteiger partial charge in [0.15, 0.2) is 25.0 Å². The molecule has 0 bridgehead atoms. The van der Waals surface area contributed by atoms with Crippen LogP contribution in [-0.2, 0) is 13.3 Å². The van der Waals surface area contributed by atoms with Crippen LogP contribution in [-0.4, -0.2) is 42.8 Å². The zero-order valence-corrected chi connectivity index (χ0v) is 35.8. The quantitative estimate of drug-likeness (QED) is 0.204. The molecule has 3 saturated carbocycles. The van der Waals surface area contributed by atoms with E-state index in [1.165, 1.54) is 64.2 Å². The standard InChI is InChI=1S/C39H76O3Si3/c1-36(2,3)44(12,13)40-34-26-33(27-35(28-34)41-45(14,15)37(4,5)6)21-20-31-19-17-24-39(29-31)25-22-32(30-39)18-16-23-38(7,8)42-43(9,10)11/h20-21,32,34-35H,16-19,22-30H2,1-15H3/b31-20+,33-21?/t32-,34-,35+,39+/m1/s1. The molecule has 0 aromatic rings. The predicted molar refractivity (Wildman–Crippen MR) is 205 cm³/mol. The van der Waals surface area contributed by atoms with Gasteiger partial charge in [0.05, 0.1) is 17.8 Å². The fraction of sp³-hybridized carbons (Fsp3) is 0.897. The molecule has 0 aliphatic heterocycles. The third-order valence-electron chi connectivity index (χ3n) is 12.2. The van der Waals surface area contributed by atoms with Crippen LogP contribution in [0.4, 0.5) is 0 Å². The van der Waals surface area contributed by atoms with Crippen molar-refractivity contribution in [2.45, 2.75) is 213 Å². The number of hydrogen-bond acceptors (Lipinski definition) is 3. The summed E-state index contributed by atoms with van der Waals surface area (Å²) in [5.74, 6) is 0.908. The van der Waals surface area contributed by atoms with Crippen molar-refractivity contribution in [3.05, 3.63) is 23.3 Å². The molecule has 0 unspecified atom stereocenters. The molecule has 45 heavy (non-hydrogen) atoms. The van der Waals surface area contributed by atoms with Crippen LogP contribution in [0, 0.1) is 11.3 Å². The first kappa shape index (κ1) is 39.4. The van der Waals surface area contributed by atoms with E-state index in [1.807, 2.05) is 0 Å². The Morgan fingerprint density at radius 3 is 1.80 bits per heavy atom. The Labute approximate surface area is 284 Å². The van der Waals surface area contributed by atoms with Crippen LogP contribution in [0.25, 0.3) is 0 Å². The van der Waals surface area contributed by atoms with Gasteiger partial charge in [0, 0.05) is 0 Å². The van der Waals surface area contributed by atoms with E-state index >= 15 is 0 Å². The van der Waals surface area contributed by atoms with Crippen molar-refractivity contribution in [2.24, 2.45) is 11.3 Å². The molecule has 6 heteroatoms. The summed E-state index contributed by atoms with van der Waals surface area (Å²) in [5.41, 5.74) is 3.84. The highest BCUT2D eigenvalue weighted by Gasteiger charge is 2.44. The van der Waals surface area contributed by atoms with Gasteiger partial charge in [-0.25, -0.2) is 0 Å². The number of rotatable bonds is 11. The van der Waals surface area contributed by atoms with Crippen molar-refractivity contribution in [2.75, 3.05) is 0 Å². The Bertz CT molecular complexity index is 999. The third kappa shape index (κ3) is 11.8. The molecule has 0 N–H and O–H groups in total. The van der Waals surface area contributed by atoms with Crippen LogP contribution in [0.5, 0.6) is 0 Å².